The lowest BCUT2D eigenvalue weighted by atomic mass is 10.1. The predicted molar refractivity (Wildman–Crippen MR) is 96.1 cm³/mol. The van der Waals surface area contributed by atoms with Gasteiger partial charge in [0.05, 0.1) is 4.70 Å². The minimum Gasteiger partial charge on any atom is -0.483 e. The molecular weight excluding hydrogens is 338 g/mol. The van der Waals surface area contributed by atoms with Gasteiger partial charge in [-0.3, -0.25) is 14.5 Å². The molecule has 1 saturated carbocycles. The zero-order chi connectivity index (χ0) is 17.6. The number of nitrogens with zero attached hydrogens (tertiary/aromatic N) is 3. The summed E-state index contributed by atoms with van der Waals surface area (Å²) in [5.41, 5.74) is 2.08. The number of carboxylic acid groups (broad SMARTS) is 1. The van der Waals surface area contributed by atoms with Crippen molar-refractivity contribution in [1.82, 2.24) is 14.2 Å². The largest absolute Gasteiger partial charge is 0.483 e. The Morgan fingerprint density at radius 1 is 1.32 bits per heavy atom. The first-order valence-electron chi connectivity index (χ1n) is 8.60. The third kappa shape index (κ3) is 2.91. The number of amides is 1. The topological polar surface area (TPSA) is 73.7 Å². The SMILES string of the molecule is CN1C[C@@H]2C[C@H]1CN2C(=O)c1nsc2cc(C3CC3)ccc12.O=CO. The average Bonchev–Trinajstić information content (AvgIpc) is 3.09. The second kappa shape index (κ2) is 6.38. The van der Waals surface area contributed by atoms with Crippen LogP contribution in [-0.2, 0) is 4.79 Å². The molecule has 2 atom stereocenters. The number of likely N-dealkylation sites (tertiary alicyclic amines) is 2. The first-order chi connectivity index (χ1) is 12.1. The van der Waals surface area contributed by atoms with Gasteiger partial charge in [0.2, 0.25) is 0 Å². The lowest BCUT2D eigenvalue weighted by Crippen LogP contribution is -2.47. The number of fused-ring (bicyclic) bond motifs is 3. The number of hydrogen-bond acceptors (Lipinski definition) is 5. The van der Waals surface area contributed by atoms with E-state index < -0.39 is 0 Å². The summed E-state index contributed by atoms with van der Waals surface area (Å²) in [6, 6.07) is 7.46. The molecule has 0 spiro atoms. The van der Waals surface area contributed by atoms with E-state index in [1.54, 1.807) is 0 Å². The zero-order valence-corrected chi connectivity index (χ0v) is 14.9. The summed E-state index contributed by atoms with van der Waals surface area (Å²) in [5.74, 6) is 0.876. The Morgan fingerprint density at radius 3 is 2.68 bits per heavy atom. The molecule has 6 nitrogen and oxygen atoms in total. The Morgan fingerprint density at radius 2 is 2.08 bits per heavy atom. The van der Waals surface area contributed by atoms with Crippen LogP contribution in [0.4, 0.5) is 0 Å². The summed E-state index contributed by atoms with van der Waals surface area (Å²) in [5, 5.41) is 7.93. The maximum atomic E-state index is 12.9. The number of hydrogen-bond donors (Lipinski definition) is 1. The van der Waals surface area contributed by atoms with Gasteiger partial charge >= 0.3 is 0 Å². The van der Waals surface area contributed by atoms with Crippen LogP contribution in [0.15, 0.2) is 18.2 Å². The van der Waals surface area contributed by atoms with Crippen LogP contribution >= 0.6 is 11.5 Å². The van der Waals surface area contributed by atoms with E-state index in [0.29, 0.717) is 17.8 Å². The second-order valence-electron chi connectivity index (χ2n) is 7.11. The fraction of sp³-hybridized carbons (Fsp3) is 0.500. The minimum absolute atomic E-state index is 0.131. The first-order valence-corrected chi connectivity index (χ1v) is 9.38. The van der Waals surface area contributed by atoms with Crippen LogP contribution in [0.25, 0.3) is 10.1 Å². The summed E-state index contributed by atoms with van der Waals surface area (Å²) in [7, 11) is 2.16. The van der Waals surface area contributed by atoms with Gasteiger partial charge in [0.15, 0.2) is 0 Å². The highest BCUT2D eigenvalue weighted by molar-refractivity contribution is 7.13. The molecule has 3 aliphatic rings. The molecule has 5 rings (SSSR count). The summed E-state index contributed by atoms with van der Waals surface area (Å²) in [4.78, 5) is 25.7. The number of carbonyl (C=O) groups is 2. The average molecular weight is 359 g/mol. The van der Waals surface area contributed by atoms with Crippen molar-refractivity contribution in [2.24, 2.45) is 0 Å². The molecular formula is C18H21N3O3S. The Bertz CT molecular complexity index is 815. The van der Waals surface area contributed by atoms with Crippen LogP contribution in [0.2, 0.25) is 0 Å². The van der Waals surface area contributed by atoms with Crippen molar-refractivity contribution in [3.8, 4) is 0 Å². The van der Waals surface area contributed by atoms with Gasteiger partial charge in [0.1, 0.15) is 5.69 Å². The third-order valence-electron chi connectivity index (χ3n) is 5.52. The fourth-order valence-corrected chi connectivity index (χ4v) is 4.85. The highest BCUT2D eigenvalue weighted by Gasteiger charge is 2.44. The smallest absolute Gasteiger partial charge is 0.290 e. The lowest BCUT2D eigenvalue weighted by Gasteiger charge is -2.31. The Kier molecular flexibility index (Phi) is 4.21. The molecule has 1 amide bonds. The van der Waals surface area contributed by atoms with Crippen LogP contribution in [-0.4, -0.2) is 63.9 Å². The number of aromatic nitrogens is 1. The van der Waals surface area contributed by atoms with Crippen molar-refractivity contribution in [3.05, 3.63) is 29.5 Å². The first kappa shape index (κ1) is 16.5. The molecule has 3 heterocycles. The predicted octanol–water partition coefficient (Wildman–Crippen LogP) is 2.40. The van der Waals surface area contributed by atoms with Gasteiger partial charge in [-0.2, -0.15) is 4.37 Å². The molecule has 1 aromatic carbocycles. The molecule has 1 aromatic heterocycles. The summed E-state index contributed by atoms with van der Waals surface area (Å²) >= 11 is 1.47. The maximum Gasteiger partial charge on any atom is 0.290 e. The fourth-order valence-electron chi connectivity index (χ4n) is 4.03. The van der Waals surface area contributed by atoms with Gasteiger partial charge in [-0.1, -0.05) is 12.1 Å². The van der Waals surface area contributed by atoms with Gasteiger partial charge in [0, 0.05) is 30.6 Å². The molecule has 1 N–H and O–H groups in total. The number of likely N-dealkylation sites (N-methyl/N-ethyl adjacent to an activating group) is 1. The summed E-state index contributed by atoms with van der Waals surface area (Å²) in [6.45, 7) is 1.61. The Hall–Kier alpha value is -1.99. The monoisotopic (exact) mass is 359 g/mol. The van der Waals surface area contributed by atoms with Crippen LogP contribution in [0.1, 0.15) is 41.2 Å². The van der Waals surface area contributed by atoms with Gasteiger partial charge in [-0.15, -0.1) is 0 Å². The second-order valence-corrected chi connectivity index (χ2v) is 7.91. The Labute approximate surface area is 150 Å². The van der Waals surface area contributed by atoms with E-state index >= 15 is 0 Å². The van der Waals surface area contributed by atoms with Crippen LogP contribution < -0.4 is 0 Å². The molecule has 0 radical (unpaired) electrons. The number of carbonyl (C=O) groups excluding carboxylic acids is 1. The normalized spacial score (nSPS) is 25.1. The standard InChI is InChI=1S/C17H19N3OS.CH2O2/c1-19-8-13-7-12(19)9-20(13)17(21)16-14-5-4-11(10-2-3-10)6-15(14)22-18-16;2-1-3/h4-6,10,12-13H,2-3,7-9H2,1H3;1H,(H,2,3)/t12-,13-;/m0./s1. The van der Waals surface area contributed by atoms with Crippen molar-refractivity contribution in [2.45, 2.75) is 37.3 Å². The van der Waals surface area contributed by atoms with Crippen LogP contribution in [0.3, 0.4) is 0 Å². The van der Waals surface area contributed by atoms with Crippen molar-refractivity contribution >= 4 is 34.0 Å². The molecule has 2 aliphatic heterocycles. The molecule has 2 aromatic rings. The van der Waals surface area contributed by atoms with E-state index in [-0.39, 0.29) is 12.4 Å². The highest BCUT2D eigenvalue weighted by Crippen LogP contribution is 2.42. The molecule has 2 saturated heterocycles. The van der Waals surface area contributed by atoms with E-state index in [0.717, 1.165) is 35.5 Å². The van der Waals surface area contributed by atoms with Gasteiger partial charge in [-0.05, 0) is 55.4 Å². The highest BCUT2D eigenvalue weighted by atomic mass is 32.1. The number of rotatable bonds is 2. The van der Waals surface area contributed by atoms with Crippen molar-refractivity contribution < 1.29 is 14.7 Å². The van der Waals surface area contributed by atoms with Crippen LogP contribution in [0.5, 0.6) is 0 Å². The van der Waals surface area contributed by atoms with Crippen molar-refractivity contribution in [3.63, 3.8) is 0 Å². The van der Waals surface area contributed by atoms with E-state index in [1.807, 2.05) is 4.90 Å². The number of benzene rings is 1. The summed E-state index contributed by atoms with van der Waals surface area (Å²) < 4.78 is 5.66. The van der Waals surface area contributed by atoms with E-state index in [4.69, 9.17) is 9.90 Å². The van der Waals surface area contributed by atoms with E-state index in [9.17, 15) is 4.79 Å². The molecule has 132 valence electrons. The van der Waals surface area contributed by atoms with E-state index in [1.165, 1.54) is 29.9 Å². The van der Waals surface area contributed by atoms with Gasteiger partial charge in [0.25, 0.3) is 12.4 Å². The Balaban J connectivity index is 0.000000490. The lowest BCUT2D eigenvalue weighted by molar-refractivity contribution is -0.122. The van der Waals surface area contributed by atoms with E-state index in [2.05, 4.69) is 34.5 Å². The van der Waals surface area contributed by atoms with Crippen molar-refractivity contribution in [2.75, 3.05) is 20.1 Å². The van der Waals surface area contributed by atoms with Crippen molar-refractivity contribution in [1.29, 1.82) is 0 Å². The number of piperazine rings is 1. The molecule has 1 aliphatic carbocycles. The maximum absolute atomic E-state index is 12.9. The van der Waals surface area contributed by atoms with Gasteiger partial charge in [-0.25, -0.2) is 0 Å². The van der Waals surface area contributed by atoms with Gasteiger partial charge < -0.3 is 10.0 Å². The zero-order valence-electron chi connectivity index (χ0n) is 14.1. The summed E-state index contributed by atoms with van der Waals surface area (Å²) in [6.07, 6.45) is 3.73. The van der Waals surface area contributed by atoms with Crippen LogP contribution in [0, 0.1) is 0 Å². The third-order valence-corrected chi connectivity index (χ3v) is 6.33. The molecule has 0 unspecified atom stereocenters. The molecule has 25 heavy (non-hydrogen) atoms. The minimum atomic E-state index is -0.250. The molecule has 2 bridgehead atoms. The molecule has 7 heteroatoms. The quantitative estimate of drug-likeness (QED) is 0.834. The molecule has 3 fully saturated rings.